The van der Waals surface area contributed by atoms with E-state index >= 15 is 0 Å². The Morgan fingerprint density at radius 1 is 0.865 bits per heavy atom. The third kappa shape index (κ3) is 15.0. The number of aromatic nitrogens is 1. The summed E-state index contributed by atoms with van der Waals surface area (Å²) in [7, 11) is 0. The lowest BCUT2D eigenvalue weighted by molar-refractivity contribution is -0.694. The molecule has 0 saturated carbocycles. The highest BCUT2D eigenvalue weighted by atomic mass is 127. The van der Waals surface area contributed by atoms with Gasteiger partial charge < -0.3 is 34.0 Å². The molecule has 1 amide bonds. The molecule has 2 aromatic rings. The van der Waals surface area contributed by atoms with E-state index in [1.165, 1.54) is 83.5 Å². The minimum absolute atomic E-state index is 0. The van der Waals surface area contributed by atoms with Crippen molar-refractivity contribution in [2.45, 2.75) is 117 Å². The molecule has 208 valence electrons. The van der Waals surface area contributed by atoms with Crippen molar-refractivity contribution in [1.29, 1.82) is 0 Å². The standard InChI is InChI=1S/C31H47ClN2O2.HI/c1-3-5-6-7-8-9-10-11-12-13-14-15-16-17-23-36-30-21-20-28(24-29(30)32)31(35)33-25-27-19-18-22-34(4-2)26-27;/h18-22,24,26H,3-17,23,25H2,1-2H3;1H. The first-order chi connectivity index (χ1) is 17.6. The van der Waals surface area contributed by atoms with E-state index in [9.17, 15) is 4.79 Å². The van der Waals surface area contributed by atoms with Crippen LogP contribution in [0.25, 0.3) is 0 Å². The van der Waals surface area contributed by atoms with Crippen molar-refractivity contribution >= 4 is 17.5 Å². The SMILES string of the molecule is CCCCCCCCCCCCCCCCOc1ccc(C(=O)NCc2ccc[n+](CC)c2)cc1Cl.[I-]. The number of benzene rings is 1. The summed E-state index contributed by atoms with van der Waals surface area (Å²) >= 11 is 6.39. The number of hydrogen-bond acceptors (Lipinski definition) is 2. The smallest absolute Gasteiger partial charge is 0.251 e. The van der Waals surface area contributed by atoms with Crippen molar-refractivity contribution in [3.05, 3.63) is 58.9 Å². The molecule has 37 heavy (non-hydrogen) atoms. The van der Waals surface area contributed by atoms with Crippen molar-refractivity contribution in [3.8, 4) is 5.75 Å². The molecule has 6 heteroatoms. The van der Waals surface area contributed by atoms with E-state index < -0.39 is 0 Å². The number of nitrogens with one attached hydrogen (secondary N) is 1. The summed E-state index contributed by atoms with van der Waals surface area (Å²) in [5.74, 6) is 0.511. The number of hydrogen-bond donors (Lipinski definition) is 1. The Kier molecular flexibility index (Phi) is 19.6. The van der Waals surface area contributed by atoms with Gasteiger partial charge in [-0.1, -0.05) is 102 Å². The van der Waals surface area contributed by atoms with E-state index in [-0.39, 0.29) is 29.9 Å². The summed E-state index contributed by atoms with van der Waals surface area (Å²) < 4.78 is 7.95. The van der Waals surface area contributed by atoms with Crippen LogP contribution in [0.2, 0.25) is 5.02 Å². The Balaban J connectivity index is 0.00000684. The summed E-state index contributed by atoms with van der Waals surface area (Å²) in [5.41, 5.74) is 1.61. The fraction of sp³-hybridized carbons (Fsp3) is 0.613. The van der Waals surface area contributed by atoms with Gasteiger partial charge in [-0.25, -0.2) is 4.57 Å². The monoisotopic (exact) mass is 642 g/mol. The van der Waals surface area contributed by atoms with Gasteiger partial charge in [0.15, 0.2) is 12.4 Å². The normalized spacial score (nSPS) is 10.7. The zero-order chi connectivity index (χ0) is 25.8. The topological polar surface area (TPSA) is 42.2 Å². The van der Waals surface area contributed by atoms with Crippen molar-refractivity contribution in [3.63, 3.8) is 0 Å². The maximum Gasteiger partial charge on any atom is 0.251 e. The highest BCUT2D eigenvalue weighted by Crippen LogP contribution is 2.26. The van der Waals surface area contributed by atoms with Crippen LogP contribution in [0.1, 0.15) is 120 Å². The van der Waals surface area contributed by atoms with Crippen LogP contribution in [0.3, 0.4) is 0 Å². The molecule has 0 spiro atoms. The van der Waals surface area contributed by atoms with Crippen LogP contribution < -0.4 is 38.6 Å². The molecule has 0 saturated heterocycles. The lowest BCUT2D eigenvalue weighted by Crippen LogP contribution is -3.00. The molecule has 1 N–H and O–H groups in total. The molecule has 0 unspecified atom stereocenters. The van der Waals surface area contributed by atoms with E-state index in [4.69, 9.17) is 16.3 Å². The van der Waals surface area contributed by atoms with Crippen LogP contribution in [0, 0.1) is 0 Å². The highest BCUT2D eigenvalue weighted by Gasteiger charge is 2.10. The molecular formula is C31H48ClIN2O2. The van der Waals surface area contributed by atoms with Gasteiger partial charge in [0.1, 0.15) is 12.3 Å². The maximum atomic E-state index is 12.5. The molecule has 0 aliphatic carbocycles. The second-order valence-electron chi connectivity index (χ2n) is 9.82. The van der Waals surface area contributed by atoms with Gasteiger partial charge >= 0.3 is 0 Å². The molecule has 4 nitrogen and oxygen atoms in total. The molecule has 2 rings (SSSR count). The van der Waals surface area contributed by atoms with Crippen molar-refractivity contribution < 1.29 is 38.1 Å². The molecule has 1 aromatic carbocycles. The number of unbranched alkanes of at least 4 members (excludes halogenated alkanes) is 13. The average molecular weight is 643 g/mol. The number of aryl methyl sites for hydroxylation is 1. The number of pyridine rings is 1. The highest BCUT2D eigenvalue weighted by molar-refractivity contribution is 6.32. The van der Waals surface area contributed by atoms with Gasteiger partial charge in [-0.05, 0) is 37.6 Å². The minimum atomic E-state index is -0.137. The third-order valence-corrected chi connectivity index (χ3v) is 6.98. The van der Waals surface area contributed by atoms with Crippen LogP contribution in [-0.4, -0.2) is 12.5 Å². The van der Waals surface area contributed by atoms with E-state index in [0.717, 1.165) is 18.5 Å². The summed E-state index contributed by atoms with van der Waals surface area (Å²) in [5, 5.41) is 3.44. The predicted molar refractivity (Wildman–Crippen MR) is 151 cm³/mol. The lowest BCUT2D eigenvalue weighted by Gasteiger charge is -2.10. The molecule has 0 radical (unpaired) electrons. The molecule has 1 heterocycles. The Hall–Kier alpha value is -1.34. The van der Waals surface area contributed by atoms with Crippen LogP contribution in [0.15, 0.2) is 42.7 Å². The Bertz CT molecular complexity index is 878. The number of ether oxygens (including phenoxy) is 1. The first kappa shape index (κ1) is 33.7. The van der Waals surface area contributed by atoms with Gasteiger partial charge in [0.25, 0.3) is 5.91 Å². The number of halogens is 2. The third-order valence-electron chi connectivity index (χ3n) is 6.69. The molecule has 0 fully saturated rings. The van der Waals surface area contributed by atoms with E-state index in [1.807, 2.05) is 24.5 Å². The van der Waals surface area contributed by atoms with Crippen LogP contribution in [0.5, 0.6) is 5.75 Å². The van der Waals surface area contributed by atoms with Crippen LogP contribution in [0.4, 0.5) is 0 Å². The van der Waals surface area contributed by atoms with Gasteiger partial charge in [0, 0.05) is 23.7 Å². The molecular weight excluding hydrogens is 595 g/mol. The molecule has 0 aliphatic rings. The van der Waals surface area contributed by atoms with E-state index in [0.29, 0.717) is 29.5 Å². The van der Waals surface area contributed by atoms with Gasteiger partial charge in [0.05, 0.1) is 11.6 Å². The van der Waals surface area contributed by atoms with Gasteiger partial charge in [-0.2, -0.15) is 0 Å². The number of carbonyl (C=O) groups excluding carboxylic acids is 1. The largest absolute Gasteiger partial charge is 1.00 e. The molecule has 0 atom stereocenters. The average Bonchev–Trinajstić information content (AvgIpc) is 2.90. The van der Waals surface area contributed by atoms with Crippen LogP contribution in [-0.2, 0) is 13.1 Å². The van der Waals surface area contributed by atoms with E-state index in [1.54, 1.807) is 18.2 Å². The zero-order valence-corrected chi connectivity index (χ0v) is 26.0. The van der Waals surface area contributed by atoms with Crippen molar-refractivity contribution in [2.75, 3.05) is 6.61 Å². The lowest BCUT2D eigenvalue weighted by atomic mass is 10.0. The number of carbonyl (C=O) groups is 1. The van der Waals surface area contributed by atoms with Gasteiger partial charge in [-0.15, -0.1) is 0 Å². The minimum Gasteiger partial charge on any atom is -1.00 e. The molecule has 1 aromatic heterocycles. The summed E-state index contributed by atoms with van der Waals surface area (Å²) in [6.45, 7) is 6.41. The van der Waals surface area contributed by atoms with Crippen molar-refractivity contribution in [1.82, 2.24) is 5.32 Å². The van der Waals surface area contributed by atoms with Gasteiger partial charge in [-0.3, -0.25) is 4.79 Å². The Morgan fingerprint density at radius 3 is 2.03 bits per heavy atom. The first-order valence-corrected chi connectivity index (χ1v) is 14.7. The fourth-order valence-electron chi connectivity index (χ4n) is 4.40. The Morgan fingerprint density at radius 2 is 1.46 bits per heavy atom. The van der Waals surface area contributed by atoms with Crippen LogP contribution >= 0.6 is 11.6 Å². The second kappa shape index (κ2) is 21.6. The Labute approximate surface area is 247 Å². The molecule has 0 aliphatic heterocycles. The molecule has 0 bridgehead atoms. The van der Waals surface area contributed by atoms with Crippen molar-refractivity contribution in [2.24, 2.45) is 0 Å². The fourth-order valence-corrected chi connectivity index (χ4v) is 4.63. The van der Waals surface area contributed by atoms with Gasteiger partial charge in [0.2, 0.25) is 0 Å². The predicted octanol–water partition coefficient (Wildman–Crippen LogP) is 5.44. The number of rotatable bonds is 20. The number of amides is 1. The van der Waals surface area contributed by atoms with E-state index in [2.05, 4.69) is 23.7 Å². The summed E-state index contributed by atoms with van der Waals surface area (Å²) in [6, 6.07) is 9.27. The first-order valence-electron chi connectivity index (χ1n) is 14.3. The number of nitrogens with zero attached hydrogens (tertiary/aromatic N) is 1. The quantitative estimate of drug-likeness (QED) is 0.119. The summed E-state index contributed by atoms with van der Waals surface area (Å²) in [6.07, 6.45) is 22.8. The summed E-state index contributed by atoms with van der Waals surface area (Å²) in [4.78, 5) is 12.5. The second-order valence-corrected chi connectivity index (χ2v) is 10.2. The zero-order valence-electron chi connectivity index (χ0n) is 23.1. The maximum absolute atomic E-state index is 12.5.